The fourth-order valence-electron chi connectivity index (χ4n) is 2.73. The molecule has 0 spiro atoms. The number of rotatable bonds is 7. The molecule has 6 nitrogen and oxygen atoms in total. The molecule has 1 aliphatic rings. The zero-order valence-corrected chi connectivity index (χ0v) is 15.7. The summed E-state index contributed by atoms with van der Waals surface area (Å²) >= 11 is 0. The first kappa shape index (κ1) is 19.6. The zero-order chi connectivity index (χ0) is 18.4. The third-order valence-corrected chi connectivity index (χ3v) is 6.31. The maximum absolute atomic E-state index is 12.9. The molecule has 1 aromatic rings. The van der Waals surface area contributed by atoms with Crippen LogP contribution >= 0.6 is 0 Å². The Hall–Kier alpha value is -1.70. The Kier molecular flexibility index (Phi) is 6.75. The first-order valence-electron chi connectivity index (χ1n) is 8.43. The second-order valence-corrected chi connectivity index (χ2v) is 8.06. The molecule has 1 fully saturated rings. The van der Waals surface area contributed by atoms with E-state index in [1.165, 1.54) is 10.4 Å². The van der Waals surface area contributed by atoms with Crippen LogP contribution in [0.15, 0.2) is 35.7 Å². The molecule has 2 rings (SSSR count). The van der Waals surface area contributed by atoms with Crippen LogP contribution in [0.5, 0.6) is 0 Å². The number of hydrogen-bond donors (Lipinski definition) is 0. The van der Waals surface area contributed by atoms with Crippen molar-refractivity contribution < 1.29 is 17.9 Å². The van der Waals surface area contributed by atoms with Gasteiger partial charge in [0.15, 0.2) is 0 Å². The highest BCUT2D eigenvalue weighted by atomic mass is 32.2. The molecule has 0 aromatic heterocycles. The van der Waals surface area contributed by atoms with Crippen molar-refractivity contribution in [3.8, 4) is 0 Å². The van der Waals surface area contributed by atoms with Crippen molar-refractivity contribution in [2.24, 2.45) is 0 Å². The number of sulfonamides is 1. The topological polar surface area (TPSA) is 66.9 Å². The number of morpholine rings is 1. The Morgan fingerprint density at radius 1 is 1.36 bits per heavy atom. The highest BCUT2D eigenvalue weighted by Gasteiger charge is 2.28. The first-order valence-corrected chi connectivity index (χ1v) is 9.87. The molecule has 0 atom stereocenters. The summed E-state index contributed by atoms with van der Waals surface area (Å²) in [6.07, 6.45) is 3.48. The van der Waals surface area contributed by atoms with Gasteiger partial charge in [-0.1, -0.05) is 12.1 Å². The zero-order valence-electron chi connectivity index (χ0n) is 14.9. The normalized spacial score (nSPS) is 15.8. The first-order chi connectivity index (χ1) is 11.9. The average Bonchev–Trinajstić information content (AvgIpc) is 2.62. The Morgan fingerprint density at radius 2 is 2.04 bits per heavy atom. The van der Waals surface area contributed by atoms with Crippen molar-refractivity contribution in [3.05, 3.63) is 42.0 Å². The lowest BCUT2D eigenvalue weighted by atomic mass is 10.1. The van der Waals surface area contributed by atoms with Crippen molar-refractivity contribution in [2.75, 3.05) is 39.9 Å². The fraction of sp³-hybridized carbons (Fsp3) is 0.500. The van der Waals surface area contributed by atoms with Gasteiger partial charge in [-0.3, -0.25) is 4.79 Å². The van der Waals surface area contributed by atoms with E-state index in [0.717, 1.165) is 12.8 Å². The van der Waals surface area contributed by atoms with Crippen molar-refractivity contribution >= 4 is 15.9 Å². The molecule has 0 radical (unpaired) electrons. The molecule has 1 aromatic carbocycles. The fourth-order valence-corrected chi connectivity index (χ4v) is 4.39. The van der Waals surface area contributed by atoms with Gasteiger partial charge in [0.25, 0.3) is 5.91 Å². The average molecular weight is 366 g/mol. The van der Waals surface area contributed by atoms with Crippen LogP contribution in [0.4, 0.5) is 0 Å². The molecule has 7 heteroatoms. The maximum atomic E-state index is 12.9. The number of amides is 1. The molecule has 1 saturated heterocycles. The van der Waals surface area contributed by atoms with Crippen LogP contribution in [0.3, 0.4) is 0 Å². The molecule has 0 bridgehead atoms. The summed E-state index contributed by atoms with van der Waals surface area (Å²) in [7, 11) is -1.90. The summed E-state index contributed by atoms with van der Waals surface area (Å²) in [5.74, 6) is -0.178. The van der Waals surface area contributed by atoms with Gasteiger partial charge >= 0.3 is 0 Å². The van der Waals surface area contributed by atoms with Crippen LogP contribution in [0.1, 0.15) is 28.8 Å². The molecule has 1 amide bonds. The lowest BCUT2D eigenvalue weighted by molar-refractivity contribution is 0.0730. The van der Waals surface area contributed by atoms with Crippen LogP contribution in [-0.4, -0.2) is 63.4 Å². The molecule has 0 saturated carbocycles. The molecular formula is C18H26N2O4S. The number of carbonyl (C=O) groups excluding carboxylic acids is 1. The SMILES string of the molecule is C=CCCCN(C)C(=O)c1ccc(C)c(S(=O)(=O)N2CCOCC2)c1. The van der Waals surface area contributed by atoms with Gasteiger partial charge in [0.2, 0.25) is 10.0 Å². The number of unbranched alkanes of at least 4 members (excludes halogenated alkanes) is 1. The summed E-state index contributed by atoms with van der Waals surface area (Å²) < 4.78 is 32.4. The van der Waals surface area contributed by atoms with Crippen molar-refractivity contribution in [1.29, 1.82) is 0 Å². The highest BCUT2D eigenvalue weighted by Crippen LogP contribution is 2.23. The second kappa shape index (κ2) is 8.60. The lowest BCUT2D eigenvalue weighted by Gasteiger charge is -2.27. The third-order valence-electron chi connectivity index (χ3n) is 4.27. The predicted octanol–water partition coefficient (Wildman–Crippen LogP) is 2.05. The van der Waals surface area contributed by atoms with E-state index in [1.54, 1.807) is 31.0 Å². The monoisotopic (exact) mass is 366 g/mol. The maximum Gasteiger partial charge on any atom is 0.253 e. The van der Waals surface area contributed by atoms with Crippen molar-refractivity contribution in [1.82, 2.24) is 9.21 Å². The minimum Gasteiger partial charge on any atom is -0.379 e. The molecule has 1 heterocycles. The van der Waals surface area contributed by atoms with E-state index in [0.29, 0.717) is 44.0 Å². The molecule has 0 unspecified atom stereocenters. The molecule has 0 N–H and O–H groups in total. The van der Waals surface area contributed by atoms with Gasteiger partial charge in [0.1, 0.15) is 0 Å². The Balaban J connectivity index is 2.24. The highest BCUT2D eigenvalue weighted by molar-refractivity contribution is 7.89. The number of allylic oxidation sites excluding steroid dienone is 1. The van der Waals surface area contributed by atoms with Gasteiger partial charge in [0, 0.05) is 32.2 Å². The number of nitrogens with zero attached hydrogens (tertiary/aromatic N) is 2. The standard InChI is InChI=1S/C18H26N2O4S/c1-4-5-6-9-19(3)18(21)16-8-7-15(2)17(14-16)25(22,23)20-10-12-24-13-11-20/h4,7-8,14H,1,5-6,9-13H2,2-3H3. The van der Waals surface area contributed by atoms with Crippen LogP contribution in [0.25, 0.3) is 0 Å². The Bertz CT molecular complexity index is 725. The van der Waals surface area contributed by atoms with Crippen LogP contribution in [0.2, 0.25) is 0 Å². The Morgan fingerprint density at radius 3 is 2.68 bits per heavy atom. The molecule has 25 heavy (non-hydrogen) atoms. The molecule has 0 aliphatic carbocycles. The van der Waals surface area contributed by atoms with Crippen molar-refractivity contribution in [2.45, 2.75) is 24.7 Å². The number of carbonyl (C=O) groups is 1. The van der Waals surface area contributed by atoms with E-state index in [4.69, 9.17) is 4.74 Å². The third kappa shape index (κ3) is 4.68. The lowest BCUT2D eigenvalue weighted by Crippen LogP contribution is -2.41. The number of hydrogen-bond acceptors (Lipinski definition) is 4. The van der Waals surface area contributed by atoms with Gasteiger partial charge < -0.3 is 9.64 Å². The molecule has 1 aliphatic heterocycles. The van der Waals surface area contributed by atoms with Crippen molar-refractivity contribution in [3.63, 3.8) is 0 Å². The van der Waals surface area contributed by atoms with E-state index < -0.39 is 10.0 Å². The minimum atomic E-state index is -3.63. The smallest absolute Gasteiger partial charge is 0.253 e. The van der Waals surface area contributed by atoms with Gasteiger partial charge in [0.05, 0.1) is 18.1 Å². The van der Waals surface area contributed by atoms with E-state index in [-0.39, 0.29) is 10.8 Å². The number of benzene rings is 1. The molecule has 138 valence electrons. The van der Waals surface area contributed by atoms with Gasteiger partial charge in [-0.15, -0.1) is 6.58 Å². The van der Waals surface area contributed by atoms with Gasteiger partial charge in [-0.2, -0.15) is 4.31 Å². The summed E-state index contributed by atoms with van der Waals surface area (Å²) in [5, 5.41) is 0. The molecular weight excluding hydrogens is 340 g/mol. The Labute approximate surface area is 150 Å². The summed E-state index contributed by atoms with van der Waals surface area (Å²) in [4.78, 5) is 14.4. The number of aryl methyl sites for hydroxylation is 1. The predicted molar refractivity (Wildman–Crippen MR) is 97.1 cm³/mol. The van der Waals surface area contributed by atoms with Crippen LogP contribution in [-0.2, 0) is 14.8 Å². The largest absolute Gasteiger partial charge is 0.379 e. The minimum absolute atomic E-state index is 0.178. The van der Waals surface area contributed by atoms with Crippen LogP contribution in [0, 0.1) is 6.92 Å². The summed E-state index contributed by atoms with van der Waals surface area (Å²) in [6.45, 7) is 7.47. The van der Waals surface area contributed by atoms with E-state index >= 15 is 0 Å². The van der Waals surface area contributed by atoms with E-state index in [9.17, 15) is 13.2 Å². The van der Waals surface area contributed by atoms with Gasteiger partial charge in [-0.25, -0.2) is 8.42 Å². The van der Waals surface area contributed by atoms with E-state index in [2.05, 4.69) is 6.58 Å². The van der Waals surface area contributed by atoms with Gasteiger partial charge in [-0.05, 0) is 37.5 Å². The number of ether oxygens (including phenoxy) is 1. The second-order valence-electron chi connectivity index (χ2n) is 6.15. The quantitative estimate of drug-likeness (QED) is 0.547. The summed E-state index contributed by atoms with van der Waals surface area (Å²) in [5.41, 5.74) is 1.02. The summed E-state index contributed by atoms with van der Waals surface area (Å²) in [6, 6.07) is 4.87. The van der Waals surface area contributed by atoms with E-state index in [1.807, 2.05) is 6.08 Å². The van der Waals surface area contributed by atoms with Crippen LogP contribution < -0.4 is 0 Å².